The number of amides is 1. The summed E-state index contributed by atoms with van der Waals surface area (Å²) in [6.07, 6.45) is 6.96. The molecule has 0 radical (unpaired) electrons. The summed E-state index contributed by atoms with van der Waals surface area (Å²) in [7, 11) is 0. The number of ether oxygens (including phenoxy) is 1. The van der Waals surface area contributed by atoms with E-state index in [4.69, 9.17) is 4.74 Å². The van der Waals surface area contributed by atoms with Crippen LogP contribution in [-0.2, 0) is 4.74 Å². The lowest BCUT2D eigenvalue weighted by molar-refractivity contribution is -0.00120. The van der Waals surface area contributed by atoms with Gasteiger partial charge in [-0.3, -0.25) is 9.88 Å². The van der Waals surface area contributed by atoms with Crippen LogP contribution in [0, 0.1) is 17.1 Å². The summed E-state index contributed by atoms with van der Waals surface area (Å²) < 4.78 is 18.9. The Morgan fingerprint density at radius 1 is 1.50 bits per heavy atom. The molecule has 6 heteroatoms. The predicted molar refractivity (Wildman–Crippen MR) is 85.5 cm³/mol. The first-order valence-corrected chi connectivity index (χ1v) is 7.97. The first-order valence-electron chi connectivity index (χ1n) is 7.97. The zero-order valence-corrected chi connectivity index (χ0v) is 14.0. The molecule has 0 aliphatic carbocycles. The second kappa shape index (κ2) is 5.59. The molecule has 1 amide bonds. The number of carbonyl (C=O) groups is 1. The maximum atomic E-state index is 13.5. The second-order valence-corrected chi connectivity index (χ2v) is 7.39. The van der Waals surface area contributed by atoms with E-state index in [0.717, 1.165) is 11.8 Å². The predicted octanol–water partition coefficient (Wildman–Crippen LogP) is 3.54. The van der Waals surface area contributed by atoms with Gasteiger partial charge in [-0.2, -0.15) is 5.26 Å². The van der Waals surface area contributed by atoms with Crippen molar-refractivity contribution in [3.63, 3.8) is 0 Å². The quantitative estimate of drug-likeness (QED) is 0.739. The summed E-state index contributed by atoms with van der Waals surface area (Å²) in [6.45, 7) is 5.39. The maximum absolute atomic E-state index is 13.5. The van der Waals surface area contributed by atoms with Crippen molar-refractivity contribution < 1.29 is 13.9 Å². The molecule has 3 rings (SSSR count). The van der Waals surface area contributed by atoms with Crippen LogP contribution in [-0.4, -0.2) is 33.2 Å². The van der Waals surface area contributed by atoms with Crippen molar-refractivity contribution in [3.8, 4) is 6.07 Å². The van der Waals surface area contributed by atoms with Crippen LogP contribution in [0.3, 0.4) is 0 Å². The van der Waals surface area contributed by atoms with Gasteiger partial charge in [-0.25, -0.2) is 9.18 Å². The molecule has 3 atom stereocenters. The molecule has 0 saturated carbocycles. The maximum Gasteiger partial charge on any atom is 0.412 e. The van der Waals surface area contributed by atoms with E-state index in [1.165, 1.54) is 11.0 Å². The second-order valence-electron chi connectivity index (χ2n) is 7.39. The van der Waals surface area contributed by atoms with Crippen LogP contribution in [0.5, 0.6) is 0 Å². The number of carbonyl (C=O) groups excluding carboxylic acids is 1. The number of rotatable bonds is 1. The highest BCUT2D eigenvalue weighted by atomic mass is 19.1. The zero-order chi connectivity index (χ0) is 17.5. The summed E-state index contributed by atoms with van der Waals surface area (Å²) >= 11 is 0. The van der Waals surface area contributed by atoms with Crippen molar-refractivity contribution in [2.75, 3.05) is 0 Å². The van der Waals surface area contributed by atoms with Gasteiger partial charge < -0.3 is 4.74 Å². The number of hydrogen-bond acceptors (Lipinski definition) is 4. The number of nitriles is 1. The average molecular weight is 329 g/mol. The first kappa shape index (κ1) is 16.4. The third kappa shape index (κ3) is 2.86. The third-order valence-corrected chi connectivity index (χ3v) is 4.42. The molecule has 1 fully saturated rings. The molecule has 2 bridgehead atoms. The number of halogens is 1. The number of nitrogens with zero attached hydrogens (tertiary/aromatic N) is 3. The molecule has 3 heterocycles. The lowest BCUT2D eigenvalue weighted by Gasteiger charge is -2.44. The SMILES string of the molecule is CC(C)(C)OC(=O)N1C2C=CC1(C#N)CC(c1cncc(F)c1)C2. The molecule has 24 heavy (non-hydrogen) atoms. The molecule has 1 aromatic heterocycles. The minimum atomic E-state index is -1.05. The van der Waals surface area contributed by atoms with Crippen LogP contribution in [0.2, 0.25) is 0 Å². The first-order chi connectivity index (χ1) is 11.2. The Labute approximate surface area is 140 Å². The van der Waals surface area contributed by atoms with Crippen LogP contribution < -0.4 is 0 Å². The molecule has 1 saturated heterocycles. The Hall–Kier alpha value is -2.42. The molecular formula is C18H20FN3O2. The third-order valence-electron chi connectivity index (χ3n) is 4.42. The van der Waals surface area contributed by atoms with Crippen LogP contribution in [0.15, 0.2) is 30.6 Å². The van der Waals surface area contributed by atoms with Crippen molar-refractivity contribution in [1.29, 1.82) is 5.26 Å². The fourth-order valence-electron chi connectivity index (χ4n) is 3.49. The van der Waals surface area contributed by atoms with Gasteiger partial charge in [0.25, 0.3) is 0 Å². The molecule has 0 aromatic carbocycles. The van der Waals surface area contributed by atoms with E-state index < -0.39 is 23.1 Å². The van der Waals surface area contributed by atoms with Crippen molar-refractivity contribution in [2.45, 2.75) is 56.7 Å². The molecular weight excluding hydrogens is 309 g/mol. The van der Waals surface area contributed by atoms with Crippen molar-refractivity contribution in [1.82, 2.24) is 9.88 Å². The van der Waals surface area contributed by atoms with Gasteiger partial charge in [0.1, 0.15) is 11.4 Å². The molecule has 5 nitrogen and oxygen atoms in total. The standard InChI is InChI=1S/C18H20FN3O2/c1-17(2,3)24-16(23)22-15-4-5-18(22,11-20)8-12(7-15)13-6-14(19)10-21-9-13/h4-6,9-10,12,15H,7-8H2,1-3H3. The largest absolute Gasteiger partial charge is 0.444 e. The molecule has 2 aliphatic rings. The zero-order valence-electron chi connectivity index (χ0n) is 14.0. The van der Waals surface area contributed by atoms with Crippen LogP contribution >= 0.6 is 0 Å². The molecule has 0 spiro atoms. The highest BCUT2D eigenvalue weighted by Crippen LogP contribution is 2.46. The van der Waals surface area contributed by atoms with Gasteiger partial charge in [0.2, 0.25) is 0 Å². The van der Waals surface area contributed by atoms with Crippen molar-refractivity contribution in [2.24, 2.45) is 0 Å². The highest BCUT2D eigenvalue weighted by molar-refractivity contribution is 5.73. The molecule has 3 unspecified atom stereocenters. The van der Waals surface area contributed by atoms with Gasteiger partial charge in [-0.15, -0.1) is 0 Å². The van der Waals surface area contributed by atoms with Gasteiger partial charge in [0.05, 0.1) is 18.3 Å². The van der Waals surface area contributed by atoms with E-state index in [9.17, 15) is 14.4 Å². The smallest absolute Gasteiger partial charge is 0.412 e. The van der Waals surface area contributed by atoms with Crippen molar-refractivity contribution in [3.05, 3.63) is 42.0 Å². The lowest BCUT2D eigenvalue weighted by atomic mass is 9.79. The molecule has 2 aliphatic heterocycles. The minimum absolute atomic E-state index is 0.0356. The van der Waals surface area contributed by atoms with Gasteiger partial charge >= 0.3 is 6.09 Å². The van der Waals surface area contributed by atoms with E-state index in [1.54, 1.807) is 33.0 Å². The van der Waals surface area contributed by atoms with Crippen LogP contribution in [0.25, 0.3) is 0 Å². The summed E-state index contributed by atoms with van der Waals surface area (Å²) in [5, 5.41) is 9.76. The fourth-order valence-corrected chi connectivity index (χ4v) is 3.49. The van der Waals surface area contributed by atoms with E-state index in [2.05, 4.69) is 11.1 Å². The monoisotopic (exact) mass is 329 g/mol. The summed E-state index contributed by atoms with van der Waals surface area (Å²) in [5.41, 5.74) is -0.925. The van der Waals surface area contributed by atoms with Gasteiger partial charge in [-0.05, 0) is 57.2 Å². The molecule has 0 N–H and O–H groups in total. The number of pyridine rings is 1. The Kier molecular flexibility index (Phi) is 3.83. The minimum Gasteiger partial charge on any atom is -0.444 e. The van der Waals surface area contributed by atoms with Crippen LogP contribution in [0.4, 0.5) is 9.18 Å². The Bertz CT molecular complexity index is 735. The summed E-state index contributed by atoms with van der Waals surface area (Å²) in [4.78, 5) is 18.0. The van der Waals surface area contributed by atoms with E-state index in [1.807, 2.05) is 6.08 Å². The Morgan fingerprint density at radius 3 is 2.88 bits per heavy atom. The highest BCUT2D eigenvalue weighted by Gasteiger charge is 2.52. The van der Waals surface area contributed by atoms with E-state index in [-0.39, 0.29) is 12.0 Å². The molecule has 126 valence electrons. The fraction of sp³-hybridized carbons (Fsp3) is 0.500. The number of fused-ring (bicyclic) bond motifs is 2. The van der Waals surface area contributed by atoms with Crippen molar-refractivity contribution >= 4 is 6.09 Å². The average Bonchev–Trinajstić information content (AvgIpc) is 2.73. The van der Waals surface area contributed by atoms with E-state index >= 15 is 0 Å². The number of aromatic nitrogens is 1. The topological polar surface area (TPSA) is 66.2 Å². The number of piperidine rings is 1. The van der Waals surface area contributed by atoms with E-state index in [0.29, 0.717) is 12.8 Å². The lowest BCUT2D eigenvalue weighted by Crippen LogP contribution is -2.56. The van der Waals surface area contributed by atoms with Gasteiger partial charge in [-0.1, -0.05) is 6.08 Å². The molecule has 1 aromatic rings. The van der Waals surface area contributed by atoms with Gasteiger partial charge in [0.15, 0.2) is 5.54 Å². The Morgan fingerprint density at radius 2 is 2.25 bits per heavy atom. The van der Waals surface area contributed by atoms with Crippen LogP contribution in [0.1, 0.15) is 45.1 Å². The normalized spacial score (nSPS) is 28.5. The number of hydrogen-bond donors (Lipinski definition) is 0. The summed E-state index contributed by atoms with van der Waals surface area (Å²) in [6, 6.07) is 3.48. The Balaban J connectivity index is 1.88. The van der Waals surface area contributed by atoms with Gasteiger partial charge in [0, 0.05) is 6.20 Å². The summed E-state index contributed by atoms with van der Waals surface area (Å²) in [5.74, 6) is -0.431.